The van der Waals surface area contributed by atoms with Gasteiger partial charge in [0.2, 0.25) is 5.91 Å². The van der Waals surface area contributed by atoms with Crippen LogP contribution in [0.15, 0.2) is 41.6 Å². The molecule has 1 aromatic heterocycles. The summed E-state index contributed by atoms with van der Waals surface area (Å²) in [5, 5.41) is 8.55. The van der Waals surface area contributed by atoms with Gasteiger partial charge >= 0.3 is 18.0 Å². The number of carbonyl (C=O) groups is 4. The normalized spacial score (nSPS) is 17.1. The summed E-state index contributed by atoms with van der Waals surface area (Å²) in [6.07, 6.45) is 3.54. The van der Waals surface area contributed by atoms with Crippen LogP contribution in [0.25, 0.3) is 0 Å². The number of hydrogen-bond donors (Lipinski definition) is 3. The molecule has 2 heterocycles. The summed E-state index contributed by atoms with van der Waals surface area (Å²) in [6, 6.07) is 7.72. The Labute approximate surface area is 206 Å². The molecule has 10 heteroatoms. The molecule has 1 aliphatic heterocycles. The number of anilines is 1. The van der Waals surface area contributed by atoms with E-state index in [1.54, 1.807) is 31.2 Å². The second kappa shape index (κ2) is 10.7. The van der Waals surface area contributed by atoms with Gasteiger partial charge in [-0.25, -0.2) is 14.4 Å². The van der Waals surface area contributed by atoms with Crippen LogP contribution >= 0.6 is 11.3 Å². The Bertz CT molecular complexity index is 1190. The molecule has 3 N–H and O–H groups in total. The highest BCUT2D eigenvalue weighted by atomic mass is 32.1. The molecule has 0 radical (unpaired) electrons. The van der Waals surface area contributed by atoms with Crippen LogP contribution < -0.4 is 16.0 Å². The van der Waals surface area contributed by atoms with Crippen LogP contribution in [0.1, 0.15) is 59.1 Å². The van der Waals surface area contributed by atoms with Gasteiger partial charge in [-0.1, -0.05) is 30.3 Å². The first-order valence-electron chi connectivity index (χ1n) is 11.5. The van der Waals surface area contributed by atoms with Crippen molar-refractivity contribution in [1.29, 1.82) is 0 Å². The highest BCUT2D eigenvalue weighted by Gasteiger charge is 2.35. The zero-order valence-corrected chi connectivity index (χ0v) is 20.4. The van der Waals surface area contributed by atoms with Crippen LogP contribution in [-0.2, 0) is 31.9 Å². The zero-order chi connectivity index (χ0) is 24.9. The van der Waals surface area contributed by atoms with E-state index in [-0.39, 0.29) is 30.4 Å². The topological polar surface area (TPSA) is 123 Å². The molecule has 35 heavy (non-hydrogen) atoms. The van der Waals surface area contributed by atoms with E-state index in [4.69, 9.17) is 9.47 Å². The van der Waals surface area contributed by atoms with E-state index in [1.807, 2.05) is 6.07 Å². The molecule has 1 atom stereocenters. The lowest BCUT2D eigenvalue weighted by molar-refractivity contribution is -0.139. The number of thiophene rings is 1. The highest BCUT2D eigenvalue weighted by molar-refractivity contribution is 7.17. The van der Waals surface area contributed by atoms with Crippen LogP contribution in [0, 0.1) is 0 Å². The largest absolute Gasteiger partial charge is 0.463 e. The van der Waals surface area contributed by atoms with Gasteiger partial charge in [0, 0.05) is 11.8 Å². The first kappa shape index (κ1) is 24.5. The molecule has 9 nitrogen and oxygen atoms in total. The van der Waals surface area contributed by atoms with E-state index in [1.165, 1.54) is 18.3 Å². The summed E-state index contributed by atoms with van der Waals surface area (Å²) >= 11 is 1.39. The van der Waals surface area contributed by atoms with Gasteiger partial charge in [0.05, 0.1) is 29.5 Å². The molecule has 1 unspecified atom stereocenters. The maximum atomic E-state index is 13.2. The molecule has 184 valence electrons. The lowest BCUT2D eigenvalue weighted by Gasteiger charge is -2.29. The lowest BCUT2D eigenvalue weighted by Crippen LogP contribution is -2.47. The van der Waals surface area contributed by atoms with Crippen molar-refractivity contribution in [3.8, 4) is 0 Å². The number of ether oxygens (including phenoxy) is 2. The van der Waals surface area contributed by atoms with Gasteiger partial charge in [-0.3, -0.25) is 4.79 Å². The van der Waals surface area contributed by atoms with Crippen molar-refractivity contribution in [2.45, 2.75) is 45.6 Å². The predicted molar refractivity (Wildman–Crippen MR) is 130 cm³/mol. The van der Waals surface area contributed by atoms with E-state index in [0.717, 1.165) is 36.1 Å². The molecule has 1 aliphatic carbocycles. The minimum absolute atomic E-state index is 0.145. The molecule has 2 aromatic rings. The zero-order valence-electron chi connectivity index (χ0n) is 19.6. The van der Waals surface area contributed by atoms with Crippen molar-refractivity contribution in [3.63, 3.8) is 0 Å². The first-order chi connectivity index (χ1) is 16.9. The molecular formula is C25H27N3O6S. The second-order valence-corrected chi connectivity index (χ2v) is 9.33. The molecule has 0 fully saturated rings. The number of urea groups is 1. The second-order valence-electron chi connectivity index (χ2n) is 8.23. The summed E-state index contributed by atoms with van der Waals surface area (Å²) in [5.41, 5.74) is 2.25. The van der Waals surface area contributed by atoms with Gasteiger partial charge in [-0.15, -0.1) is 11.3 Å². The van der Waals surface area contributed by atoms with Gasteiger partial charge in [-0.2, -0.15) is 0 Å². The Morgan fingerprint density at radius 2 is 1.83 bits per heavy atom. The summed E-state index contributed by atoms with van der Waals surface area (Å²) in [6.45, 7) is 2.88. The molecule has 3 amide bonds. The number of amides is 3. The number of benzene rings is 1. The van der Waals surface area contributed by atoms with E-state index < -0.39 is 24.0 Å². The van der Waals surface area contributed by atoms with Gasteiger partial charge in [-0.05, 0) is 43.7 Å². The highest BCUT2D eigenvalue weighted by Crippen LogP contribution is 2.38. The van der Waals surface area contributed by atoms with Crippen LogP contribution in [0.3, 0.4) is 0 Å². The number of carbonyl (C=O) groups excluding carboxylic acids is 4. The monoisotopic (exact) mass is 497 g/mol. The third-order valence-electron chi connectivity index (χ3n) is 5.79. The number of nitrogens with one attached hydrogen (secondary N) is 3. The van der Waals surface area contributed by atoms with E-state index in [0.29, 0.717) is 16.1 Å². The van der Waals surface area contributed by atoms with Gasteiger partial charge < -0.3 is 25.4 Å². The molecule has 4 rings (SSSR count). The van der Waals surface area contributed by atoms with E-state index in [9.17, 15) is 19.2 Å². The van der Waals surface area contributed by atoms with Crippen molar-refractivity contribution < 1.29 is 28.7 Å². The summed E-state index contributed by atoms with van der Waals surface area (Å²) in [4.78, 5) is 51.3. The molecule has 0 saturated heterocycles. The fourth-order valence-electron chi connectivity index (χ4n) is 4.32. The lowest BCUT2D eigenvalue weighted by atomic mass is 9.95. The Hall–Kier alpha value is -3.66. The minimum atomic E-state index is -0.762. The fraction of sp³-hybridized carbons (Fsp3) is 0.360. The molecule has 2 aliphatic rings. The number of hydrogen-bond acceptors (Lipinski definition) is 7. The van der Waals surface area contributed by atoms with Crippen molar-refractivity contribution >= 4 is 40.2 Å². The van der Waals surface area contributed by atoms with Crippen molar-refractivity contribution in [3.05, 3.63) is 63.2 Å². The Kier molecular flexibility index (Phi) is 7.50. The van der Waals surface area contributed by atoms with E-state index in [2.05, 4.69) is 16.0 Å². The average molecular weight is 498 g/mol. The van der Waals surface area contributed by atoms with Crippen LogP contribution in [0.5, 0.6) is 0 Å². The average Bonchev–Trinajstić information content (AvgIpc) is 3.20. The fourth-order valence-corrected chi connectivity index (χ4v) is 5.64. The van der Waals surface area contributed by atoms with Crippen LogP contribution in [-0.4, -0.2) is 37.1 Å². The van der Waals surface area contributed by atoms with Gasteiger partial charge in [0.25, 0.3) is 0 Å². The SMILES string of the molecule is CCOC(=O)C1=C(COC(=O)c2c(NC(C)=O)sc3c2CCCC3)NC(=O)NC1c1ccccc1. The molecule has 0 spiro atoms. The molecular weight excluding hydrogens is 470 g/mol. The standard InChI is InChI=1S/C25H27N3O6S/c1-3-33-24(31)20-17(27-25(32)28-21(20)15-9-5-4-6-10-15)13-34-23(30)19-16-11-7-8-12-18(16)35-22(19)26-14(2)29/h4-6,9-10,21H,3,7-8,11-13H2,1-2H3,(H,26,29)(H2,27,28,32). The smallest absolute Gasteiger partial charge is 0.341 e. The maximum absolute atomic E-state index is 13.2. The Balaban J connectivity index is 1.65. The molecule has 1 aromatic carbocycles. The van der Waals surface area contributed by atoms with Crippen LogP contribution in [0.4, 0.5) is 9.80 Å². The van der Waals surface area contributed by atoms with Crippen molar-refractivity contribution in [1.82, 2.24) is 10.6 Å². The van der Waals surface area contributed by atoms with Gasteiger partial charge in [0.1, 0.15) is 11.6 Å². The van der Waals surface area contributed by atoms with Crippen LogP contribution in [0.2, 0.25) is 0 Å². The van der Waals surface area contributed by atoms with E-state index >= 15 is 0 Å². The minimum Gasteiger partial charge on any atom is -0.463 e. The number of rotatable bonds is 7. The third kappa shape index (κ3) is 5.37. The predicted octanol–water partition coefficient (Wildman–Crippen LogP) is 3.61. The summed E-state index contributed by atoms with van der Waals surface area (Å²) < 4.78 is 10.9. The Morgan fingerprint density at radius 3 is 2.54 bits per heavy atom. The summed E-state index contributed by atoms with van der Waals surface area (Å²) in [5.74, 6) is -1.51. The molecule has 0 bridgehead atoms. The van der Waals surface area contributed by atoms with Crippen molar-refractivity contribution in [2.75, 3.05) is 18.5 Å². The summed E-state index contributed by atoms with van der Waals surface area (Å²) in [7, 11) is 0. The molecule has 0 saturated carbocycles. The number of fused-ring (bicyclic) bond motifs is 1. The maximum Gasteiger partial charge on any atom is 0.341 e. The quantitative estimate of drug-likeness (QED) is 0.502. The van der Waals surface area contributed by atoms with Crippen molar-refractivity contribution in [2.24, 2.45) is 0 Å². The van der Waals surface area contributed by atoms with Gasteiger partial charge in [0.15, 0.2) is 0 Å². The number of esters is 2. The third-order valence-corrected chi connectivity index (χ3v) is 7.00. The first-order valence-corrected chi connectivity index (χ1v) is 12.3. The Morgan fingerprint density at radius 1 is 1.09 bits per heavy atom. The number of aryl methyl sites for hydroxylation is 1.